The lowest BCUT2D eigenvalue weighted by Crippen LogP contribution is -2.30. The molecular formula is C21H23N3O4S. The third kappa shape index (κ3) is 3.37. The van der Waals surface area contributed by atoms with Crippen LogP contribution in [0.15, 0.2) is 47.5 Å². The summed E-state index contributed by atoms with van der Waals surface area (Å²) in [6.45, 7) is 4.04. The molecule has 2 heterocycles. The smallest absolute Gasteiger partial charge is 0.308 e. The number of pyridine rings is 1. The van der Waals surface area contributed by atoms with E-state index in [1.54, 1.807) is 49.5 Å². The van der Waals surface area contributed by atoms with Crippen molar-refractivity contribution in [2.45, 2.75) is 37.5 Å². The summed E-state index contributed by atoms with van der Waals surface area (Å²) in [5, 5.41) is 0.738. The number of nitrogens with zero attached hydrogens (tertiary/aromatic N) is 2. The van der Waals surface area contributed by atoms with Gasteiger partial charge in [-0.3, -0.25) is 4.79 Å². The molecule has 0 amide bonds. The Labute approximate surface area is 169 Å². The predicted octanol–water partition coefficient (Wildman–Crippen LogP) is 3.22. The Morgan fingerprint density at radius 1 is 1.21 bits per heavy atom. The highest BCUT2D eigenvalue weighted by molar-refractivity contribution is 7.90. The van der Waals surface area contributed by atoms with Gasteiger partial charge in [0.25, 0.3) is 10.0 Å². The van der Waals surface area contributed by atoms with Crippen LogP contribution in [-0.2, 0) is 19.6 Å². The second kappa shape index (κ2) is 7.18. The van der Waals surface area contributed by atoms with Crippen LogP contribution in [0.25, 0.3) is 11.0 Å². The van der Waals surface area contributed by atoms with Crippen molar-refractivity contribution in [1.82, 2.24) is 8.96 Å². The van der Waals surface area contributed by atoms with Crippen LogP contribution in [0.2, 0.25) is 0 Å². The van der Waals surface area contributed by atoms with Gasteiger partial charge in [-0.1, -0.05) is 17.7 Å². The van der Waals surface area contributed by atoms with E-state index in [1.165, 1.54) is 3.97 Å². The number of ether oxygens (including phenoxy) is 1. The molecule has 0 atom stereocenters. The Kier molecular flexibility index (Phi) is 4.82. The summed E-state index contributed by atoms with van der Waals surface area (Å²) in [4.78, 5) is 16.4. The first kappa shape index (κ1) is 19.4. The lowest BCUT2D eigenvalue weighted by molar-refractivity contribution is -0.151. The molecule has 29 heavy (non-hydrogen) atoms. The minimum atomic E-state index is -3.83. The molecule has 1 aliphatic rings. The number of hydrogen-bond donors (Lipinski definition) is 1. The molecule has 0 spiro atoms. The molecule has 1 fully saturated rings. The van der Waals surface area contributed by atoms with Gasteiger partial charge in [0.15, 0.2) is 5.65 Å². The van der Waals surface area contributed by atoms with E-state index in [0.29, 0.717) is 25.1 Å². The number of fused-ring (bicyclic) bond motifs is 1. The topological polar surface area (TPSA) is 104 Å². The normalized spacial score (nSPS) is 19.1. The van der Waals surface area contributed by atoms with Crippen LogP contribution in [0, 0.1) is 12.8 Å². The summed E-state index contributed by atoms with van der Waals surface area (Å²) < 4.78 is 32.9. The maximum Gasteiger partial charge on any atom is 0.308 e. The van der Waals surface area contributed by atoms with Crippen LogP contribution < -0.4 is 5.73 Å². The number of anilines is 1. The van der Waals surface area contributed by atoms with Gasteiger partial charge in [0.1, 0.15) is 5.82 Å². The molecule has 7 nitrogen and oxygen atoms in total. The molecule has 8 heteroatoms. The van der Waals surface area contributed by atoms with Crippen LogP contribution in [0.5, 0.6) is 0 Å². The monoisotopic (exact) mass is 413 g/mol. The Balaban J connectivity index is 1.75. The van der Waals surface area contributed by atoms with Crippen molar-refractivity contribution in [3.05, 3.63) is 53.7 Å². The van der Waals surface area contributed by atoms with E-state index < -0.39 is 10.0 Å². The molecule has 0 radical (unpaired) electrons. The standard InChI is InChI=1S/C21H23N3O4S/c1-3-28-21(25)15-10-14(11-15)18-12-24(20-17(18)8-9-19(22)23-20)29(26,27)16-6-4-13(2)5-7-16/h4-9,12,14-15H,3,10-11H2,1-2H3,(H2,22,23). The third-order valence-corrected chi connectivity index (χ3v) is 7.11. The van der Waals surface area contributed by atoms with Crippen LogP contribution in [-0.4, -0.2) is 30.0 Å². The second-order valence-electron chi connectivity index (χ2n) is 7.42. The van der Waals surface area contributed by atoms with Crippen LogP contribution in [0.1, 0.15) is 36.8 Å². The van der Waals surface area contributed by atoms with E-state index in [-0.39, 0.29) is 28.5 Å². The summed E-state index contributed by atoms with van der Waals surface area (Å²) in [5.41, 5.74) is 7.99. The number of nitrogen functional groups attached to an aromatic ring is 1. The molecular weight excluding hydrogens is 390 g/mol. The number of hydrogen-bond acceptors (Lipinski definition) is 6. The summed E-state index contributed by atoms with van der Waals surface area (Å²) >= 11 is 0. The van der Waals surface area contributed by atoms with Crippen molar-refractivity contribution in [3.8, 4) is 0 Å². The number of aryl methyl sites for hydroxylation is 1. The van der Waals surface area contributed by atoms with E-state index in [4.69, 9.17) is 10.5 Å². The minimum Gasteiger partial charge on any atom is -0.466 e. The average molecular weight is 413 g/mol. The predicted molar refractivity (Wildman–Crippen MR) is 110 cm³/mol. The first-order valence-electron chi connectivity index (χ1n) is 9.57. The van der Waals surface area contributed by atoms with Crippen molar-refractivity contribution < 1.29 is 17.9 Å². The number of carbonyl (C=O) groups excluding carboxylic acids is 1. The van der Waals surface area contributed by atoms with Gasteiger partial charge in [0.05, 0.1) is 17.4 Å². The molecule has 0 saturated heterocycles. The third-order valence-electron chi connectivity index (χ3n) is 5.45. The van der Waals surface area contributed by atoms with Crippen molar-refractivity contribution in [3.63, 3.8) is 0 Å². The van der Waals surface area contributed by atoms with E-state index >= 15 is 0 Å². The molecule has 0 aliphatic heterocycles. The van der Waals surface area contributed by atoms with Gasteiger partial charge < -0.3 is 10.5 Å². The van der Waals surface area contributed by atoms with Crippen LogP contribution in [0.4, 0.5) is 5.82 Å². The molecule has 2 aromatic heterocycles. The number of nitrogens with two attached hydrogens (primary N) is 1. The quantitative estimate of drug-likeness (QED) is 0.644. The second-order valence-corrected chi connectivity index (χ2v) is 9.24. The van der Waals surface area contributed by atoms with E-state index in [9.17, 15) is 13.2 Å². The SMILES string of the molecule is CCOC(=O)C1CC(c2cn(S(=O)(=O)c3ccc(C)cc3)c3nc(N)ccc23)C1. The Bertz CT molecular complexity index is 1180. The largest absolute Gasteiger partial charge is 0.466 e. The first-order chi connectivity index (χ1) is 13.8. The highest BCUT2D eigenvalue weighted by Gasteiger charge is 2.38. The van der Waals surface area contributed by atoms with Gasteiger partial charge in [0, 0.05) is 11.6 Å². The van der Waals surface area contributed by atoms with Gasteiger partial charge >= 0.3 is 5.97 Å². The molecule has 152 valence electrons. The zero-order valence-corrected chi connectivity index (χ0v) is 17.1. The van der Waals surface area contributed by atoms with Crippen molar-refractivity contribution in [2.24, 2.45) is 5.92 Å². The number of benzene rings is 1. The van der Waals surface area contributed by atoms with Gasteiger partial charge in [0.2, 0.25) is 0 Å². The van der Waals surface area contributed by atoms with Gasteiger partial charge in [-0.05, 0) is 62.4 Å². The molecule has 0 unspecified atom stereocenters. The summed E-state index contributed by atoms with van der Waals surface area (Å²) in [5.74, 6) is -0.0109. The molecule has 1 saturated carbocycles. The fourth-order valence-corrected chi connectivity index (χ4v) is 5.10. The fourth-order valence-electron chi connectivity index (χ4n) is 3.77. The summed E-state index contributed by atoms with van der Waals surface area (Å²) in [6, 6.07) is 10.2. The average Bonchev–Trinajstić information content (AvgIpc) is 3.00. The lowest BCUT2D eigenvalue weighted by Gasteiger charge is -2.33. The molecule has 2 N–H and O–H groups in total. The first-order valence-corrected chi connectivity index (χ1v) is 11.0. The van der Waals surface area contributed by atoms with E-state index in [0.717, 1.165) is 16.5 Å². The van der Waals surface area contributed by atoms with Crippen LogP contribution in [0.3, 0.4) is 0 Å². The Hall–Kier alpha value is -2.87. The molecule has 0 bridgehead atoms. The molecule has 4 rings (SSSR count). The van der Waals surface area contributed by atoms with Gasteiger partial charge in [-0.25, -0.2) is 17.4 Å². The number of esters is 1. The van der Waals surface area contributed by atoms with Crippen molar-refractivity contribution >= 4 is 32.8 Å². The lowest BCUT2D eigenvalue weighted by atomic mass is 9.71. The summed E-state index contributed by atoms with van der Waals surface area (Å²) in [7, 11) is -3.83. The van der Waals surface area contributed by atoms with E-state index in [1.807, 2.05) is 6.92 Å². The minimum absolute atomic E-state index is 0.0757. The van der Waals surface area contributed by atoms with Gasteiger partial charge in [-0.15, -0.1) is 0 Å². The number of carbonyl (C=O) groups is 1. The maximum absolute atomic E-state index is 13.3. The van der Waals surface area contributed by atoms with Crippen LogP contribution >= 0.6 is 0 Å². The maximum atomic E-state index is 13.3. The van der Waals surface area contributed by atoms with Crippen molar-refractivity contribution in [2.75, 3.05) is 12.3 Å². The van der Waals surface area contributed by atoms with E-state index in [2.05, 4.69) is 4.98 Å². The molecule has 1 aliphatic carbocycles. The Morgan fingerprint density at radius 2 is 1.90 bits per heavy atom. The molecule has 3 aromatic rings. The highest BCUT2D eigenvalue weighted by atomic mass is 32.2. The number of rotatable bonds is 5. The summed E-state index contributed by atoms with van der Waals surface area (Å²) in [6.07, 6.45) is 2.89. The molecule has 1 aromatic carbocycles. The van der Waals surface area contributed by atoms with Gasteiger partial charge in [-0.2, -0.15) is 0 Å². The zero-order valence-electron chi connectivity index (χ0n) is 16.3. The van der Waals surface area contributed by atoms with Crippen molar-refractivity contribution in [1.29, 1.82) is 0 Å². The zero-order chi connectivity index (χ0) is 20.8. The highest BCUT2D eigenvalue weighted by Crippen LogP contribution is 2.45. The fraction of sp³-hybridized carbons (Fsp3) is 0.333. The number of aromatic nitrogens is 2. The Morgan fingerprint density at radius 3 is 2.55 bits per heavy atom.